The van der Waals surface area contributed by atoms with Crippen LogP contribution in [0, 0.1) is 0 Å². The van der Waals surface area contributed by atoms with Gasteiger partial charge in [-0.15, -0.1) is 0 Å². The largest absolute Gasteiger partial charge is 0.504 e. The van der Waals surface area contributed by atoms with Gasteiger partial charge >= 0.3 is 0 Å². The fraction of sp³-hybridized carbons (Fsp3) is 0.174. The van der Waals surface area contributed by atoms with Crippen molar-refractivity contribution in [2.75, 3.05) is 30.4 Å². The lowest BCUT2D eigenvalue weighted by Crippen LogP contribution is -2.14. The highest BCUT2D eigenvalue weighted by atomic mass is 32.2. The molecule has 1 aliphatic rings. The number of carbonyl (C=O) groups is 1. The molecule has 0 unspecified atom stereocenters. The Morgan fingerprint density at radius 2 is 1.64 bits per heavy atom. The van der Waals surface area contributed by atoms with Gasteiger partial charge in [0.1, 0.15) is 0 Å². The van der Waals surface area contributed by atoms with Gasteiger partial charge in [0.05, 0.1) is 25.2 Å². The third-order valence-corrected chi connectivity index (χ3v) is 6.24. The lowest BCUT2D eigenvalue weighted by Gasteiger charge is -2.12. The maximum Gasteiger partial charge on any atom is 0.262 e. The number of sulfonamides is 1. The quantitative estimate of drug-likeness (QED) is 0.503. The number of methoxy groups -OCH3 is 1. The number of carbonyl (C=O) groups excluding carboxylic acids is 1. The van der Waals surface area contributed by atoms with Gasteiger partial charge in [-0.05, 0) is 48.5 Å². The minimum atomic E-state index is -3.88. The minimum Gasteiger partial charge on any atom is -0.504 e. The van der Waals surface area contributed by atoms with Crippen LogP contribution in [0.5, 0.6) is 23.0 Å². The van der Waals surface area contributed by atoms with Crippen LogP contribution in [0.4, 0.5) is 11.4 Å². The summed E-state index contributed by atoms with van der Waals surface area (Å²) in [5, 5.41) is 12.5. The summed E-state index contributed by atoms with van der Waals surface area (Å²) in [5.74, 6) is 0.656. The Hall–Kier alpha value is -3.92. The number of phenols is 1. The zero-order valence-corrected chi connectivity index (χ0v) is 18.5. The molecule has 1 aliphatic heterocycles. The Balaban J connectivity index is 1.45. The lowest BCUT2D eigenvalue weighted by atomic mass is 10.2. The van der Waals surface area contributed by atoms with Gasteiger partial charge in [0, 0.05) is 35.5 Å². The summed E-state index contributed by atoms with van der Waals surface area (Å²) in [4.78, 5) is 12.5. The molecule has 0 bridgehead atoms. The number of ether oxygens (including phenoxy) is 3. The van der Waals surface area contributed by atoms with Crippen molar-refractivity contribution >= 4 is 27.3 Å². The zero-order valence-electron chi connectivity index (χ0n) is 17.7. The standard InChI is InChI=1S/C23H22N2O7S/c1-30-20-9-7-17(13-19(20)26)24-23(27)15-3-5-16(6-4-15)25-33(28,29)18-8-10-21-22(14-18)32-12-2-11-31-21/h3-10,13-14,25-26H,2,11-12H2,1H3,(H,24,27). The molecule has 1 heterocycles. The molecule has 3 aromatic rings. The van der Waals surface area contributed by atoms with Crippen molar-refractivity contribution in [1.82, 2.24) is 0 Å². The van der Waals surface area contributed by atoms with Crippen LogP contribution in [0.2, 0.25) is 0 Å². The van der Waals surface area contributed by atoms with Crippen LogP contribution in [0.15, 0.2) is 65.6 Å². The number of fused-ring (bicyclic) bond motifs is 1. The molecule has 33 heavy (non-hydrogen) atoms. The summed E-state index contributed by atoms with van der Waals surface area (Å²) in [6.07, 6.45) is 0.717. The van der Waals surface area contributed by atoms with E-state index >= 15 is 0 Å². The zero-order chi connectivity index (χ0) is 23.4. The Morgan fingerprint density at radius 1 is 0.939 bits per heavy atom. The molecule has 0 radical (unpaired) electrons. The van der Waals surface area contributed by atoms with E-state index < -0.39 is 15.9 Å². The number of hydrogen-bond donors (Lipinski definition) is 3. The van der Waals surface area contributed by atoms with E-state index in [2.05, 4.69) is 10.0 Å². The maximum atomic E-state index is 12.8. The summed E-state index contributed by atoms with van der Waals surface area (Å²) < 4.78 is 44.2. The van der Waals surface area contributed by atoms with Gasteiger partial charge in [0.15, 0.2) is 23.0 Å². The van der Waals surface area contributed by atoms with Gasteiger partial charge in [-0.2, -0.15) is 0 Å². The van der Waals surface area contributed by atoms with E-state index in [1.165, 1.54) is 55.6 Å². The predicted octanol–water partition coefficient (Wildman–Crippen LogP) is 3.62. The van der Waals surface area contributed by atoms with E-state index in [-0.39, 0.29) is 10.6 Å². The van der Waals surface area contributed by atoms with Gasteiger partial charge in [0.2, 0.25) is 0 Å². The first-order valence-electron chi connectivity index (χ1n) is 10.1. The van der Waals surface area contributed by atoms with Gasteiger partial charge in [-0.1, -0.05) is 0 Å². The molecule has 1 amide bonds. The fourth-order valence-electron chi connectivity index (χ4n) is 3.19. The normalized spacial score (nSPS) is 13.0. The Kier molecular flexibility index (Phi) is 6.27. The number of rotatable bonds is 6. The second-order valence-corrected chi connectivity index (χ2v) is 8.87. The van der Waals surface area contributed by atoms with Crippen LogP contribution < -0.4 is 24.2 Å². The van der Waals surface area contributed by atoms with Gasteiger partial charge in [-0.3, -0.25) is 9.52 Å². The smallest absolute Gasteiger partial charge is 0.262 e. The third kappa shape index (κ3) is 5.12. The molecule has 3 N–H and O–H groups in total. The molecule has 9 nitrogen and oxygen atoms in total. The van der Waals surface area contributed by atoms with Gasteiger partial charge < -0.3 is 24.6 Å². The van der Waals surface area contributed by atoms with E-state index in [1.54, 1.807) is 12.1 Å². The molecule has 0 spiro atoms. The van der Waals surface area contributed by atoms with Gasteiger partial charge in [0.25, 0.3) is 15.9 Å². The van der Waals surface area contributed by atoms with E-state index in [0.29, 0.717) is 53.8 Å². The third-order valence-electron chi connectivity index (χ3n) is 4.87. The second-order valence-electron chi connectivity index (χ2n) is 7.18. The van der Waals surface area contributed by atoms with Crippen molar-refractivity contribution in [1.29, 1.82) is 0 Å². The van der Waals surface area contributed by atoms with E-state index in [0.717, 1.165) is 0 Å². The number of benzene rings is 3. The molecule has 0 saturated carbocycles. The average Bonchev–Trinajstić information content (AvgIpc) is 3.04. The van der Waals surface area contributed by atoms with Crippen molar-refractivity contribution < 1.29 is 32.5 Å². The molecule has 0 atom stereocenters. The van der Waals surface area contributed by atoms with Crippen LogP contribution in [0.1, 0.15) is 16.8 Å². The van der Waals surface area contributed by atoms with Crippen molar-refractivity contribution in [3.05, 3.63) is 66.2 Å². The summed E-state index contributed by atoms with van der Waals surface area (Å²) >= 11 is 0. The minimum absolute atomic E-state index is 0.0351. The lowest BCUT2D eigenvalue weighted by molar-refractivity contribution is 0.102. The van der Waals surface area contributed by atoms with Crippen LogP contribution >= 0.6 is 0 Å². The molecule has 4 rings (SSSR count). The first kappa shape index (κ1) is 22.3. The first-order valence-corrected chi connectivity index (χ1v) is 11.5. The number of anilines is 2. The molecule has 3 aromatic carbocycles. The van der Waals surface area contributed by atoms with Crippen molar-refractivity contribution in [2.45, 2.75) is 11.3 Å². The number of amides is 1. The highest BCUT2D eigenvalue weighted by Crippen LogP contribution is 2.32. The Labute approximate surface area is 191 Å². The summed E-state index contributed by atoms with van der Waals surface area (Å²) in [6.45, 7) is 0.959. The molecular formula is C23H22N2O7S. The molecule has 0 aliphatic carbocycles. The SMILES string of the molecule is COc1ccc(NC(=O)c2ccc(NS(=O)(=O)c3ccc4c(c3)OCCCO4)cc2)cc1O. The highest BCUT2D eigenvalue weighted by molar-refractivity contribution is 7.92. The molecule has 172 valence electrons. The number of nitrogens with one attached hydrogen (secondary N) is 2. The first-order chi connectivity index (χ1) is 15.9. The van der Waals surface area contributed by atoms with E-state index in [1.807, 2.05) is 0 Å². The van der Waals surface area contributed by atoms with E-state index in [4.69, 9.17) is 14.2 Å². The van der Waals surface area contributed by atoms with Gasteiger partial charge in [-0.25, -0.2) is 8.42 Å². The molecule has 0 fully saturated rings. The Bertz CT molecular complexity index is 1270. The molecule has 0 aromatic heterocycles. The highest BCUT2D eigenvalue weighted by Gasteiger charge is 2.19. The average molecular weight is 471 g/mol. The molecule has 0 saturated heterocycles. The predicted molar refractivity (Wildman–Crippen MR) is 122 cm³/mol. The van der Waals surface area contributed by atoms with Crippen LogP contribution in [0.3, 0.4) is 0 Å². The number of hydrogen-bond acceptors (Lipinski definition) is 7. The van der Waals surface area contributed by atoms with Crippen LogP contribution in [0.25, 0.3) is 0 Å². The summed E-state index contributed by atoms with van der Waals surface area (Å²) in [5.41, 5.74) is 0.988. The van der Waals surface area contributed by atoms with Crippen molar-refractivity contribution in [3.8, 4) is 23.0 Å². The summed E-state index contributed by atoms with van der Waals surface area (Å²) in [6, 6.07) is 14.9. The molecular weight excluding hydrogens is 448 g/mol. The van der Waals surface area contributed by atoms with Crippen LogP contribution in [-0.2, 0) is 10.0 Å². The summed E-state index contributed by atoms with van der Waals surface area (Å²) in [7, 11) is -2.45. The second kappa shape index (κ2) is 9.29. The number of aromatic hydroxyl groups is 1. The Morgan fingerprint density at radius 3 is 2.33 bits per heavy atom. The maximum absolute atomic E-state index is 12.8. The topological polar surface area (TPSA) is 123 Å². The molecule has 10 heteroatoms. The van der Waals surface area contributed by atoms with E-state index in [9.17, 15) is 18.3 Å². The van der Waals surface area contributed by atoms with Crippen molar-refractivity contribution in [2.24, 2.45) is 0 Å². The number of phenolic OH excluding ortho intramolecular Hbond substituents is 1. The van der Waals surface area contributed by atoms with Crippen molar-refractivity contribution in [3.63, 3.8) is 0 Å². The fourth-order valence-corrected chi connectivity index (χ4v) is 4.26. The van der Waals surface area contributed by atoms with Crippen LogP contribution in [-0.4, -0.2) is 39.8 Å². The monoisotopic (exact) mass is 470 g/mol.